The Balaban J connectivity index is 1.85. The summed E-state index contributed by atoms with van der Waals surface area (Å²) in [6.07, 6.45) is 1.45. The zero-order chi connectivity index (χ0) is 15.1. The van der Waals surface area contributed by atoms with Gasteiger partial charge in [-0.3, -0.25) is 9.69 Å². The van der Waals surface area contributed by atoms with Gasteiger partial charge in [0.2, 0.25) is 5.91 Å². The average Bonchev–Trinajstić information content (AvgIpc) is 2.70. The van der Waals surface area contributed by atoms with E-state index in [0.717, 1.165) is 51.3 Å². The van der Waals surface area contributed by atoms with Crippen molar-refractivity contribution in [2.75, 3.05) is 52.2 Å². The number of hydrogen-bond donors (Lipinski definition) is 1. The van der Waals surface area contributed by atoms with Gasteiger partial charge >= 0.3 is 0 Å². The highest BCUT2D eigenvalue weighted by atomic mass is 16.5. The number of hydrogen-bond acceptors (Lipinski definition) is 4. The topological polar surface area (TPSA) is 58.8 Å². The highest BCUT2D eigenvalue weighted by Gasteiger charge is 2.19. The molecular formula is C16H25N3O2. The van der Waals surface area contributed by atoms with Gasteiger partial charge in [-0.1, -0.05) is 12.1 Å². The molecule has 0 bridgehead atoms. The van der Waals surface area contributed by atoms with Crippen molar-refractivity contribution in [3.63, 3.8) is 0 Å². The first-order valence-corrected chi connectivity index (χ1v) is 7.52. The molecule has 1 aromatic carbocycles. The molecule has 5 heteroatoms. The van der Waals surface area contributed by atoms with Crippen molar-refractivity contribution in [2.45, 2.75) is 12.8 Å². The van der Waals surface area contributed by atoms with E-state index in [1.54, 1.807) is 7.11 Å². The van der Waals surface area contributed by atoms with Crippen LogP contribution in [0.2, 0.25) is 0 Å². The average molecular weight is 291 g/mol. The minimum atomic E-state index is 0.189. The maximum atomic E-state index is 12.4. The van der Waals surface area contributed by atoms with Gasteiger partial charge in [-0.05, 0) is 30.7 Å². The molecular weight excluding hydrogens is 266 g/mol. The van der Waals surface area contributed by atoms with Crippen LogP contribution in [0.25, 0.3) is 0 Å². The van der Waals surface area contributed by atoms with Crippen LogP contribution in [0, 0.1) is 0 Å². The van der Waals surface area contributed by atoms with E-state index in [-0.39, 0.29) is 5.91 Å². The Hall–Kier alpha value is -1.59. The van der Waals surface area contributed by atoms with Crippen LogP contribution in [0.3, 0.4) is 0 Å². The quantitative estimate of drug-likeness (QED) is 0.822. The number of nitrogens with two attached hydrogens (primary N) is 1. The Bertz CT molecular complexity index is 465. The number of methoxy groups -OCH3 is 1. The second kappa shape index (κ2) is 8.00. The fourth-order valence-corrected chi connectivity index (χ4v) is 2.65. The Morgan fingerprint density at radius 2 is 2.14 bits per heavy atom. The van der Waals surface area contributed by atoms with Crippen LogP contribution in [0.5, 0.6) is 0 Å². The molecule has 21 heavy (non-hydrogen) atoms. The van der Waals surface area contributed by atoms with Crippen molar-refractivity contribution < 1.29 is 9.53 Å². The zero-order valence-corrected chi connectivity index (χ0v) is 12.8. The number of nitrogens with zero attached hydrogens (tertiary/aromatic N) is 2. The maximum absolute atomic E-state index is 12.4. The normalized spacial score (nSPS) is 16.7. The number of anilines is 1. The number of carbonyl (C=O) groups excluding carboxylic acids is 1. The molecule has 2 N–H and O–H groups in total. The first-order chi connectivity index (χ1) is 10.2. The molecule has 0 radical (unpaired) electrons. The summed E-state index contributed by atoms with van der Waals surface area (Å²) in [5.74, 6) is 0.189. The SMILES string of the molecule is COCCN1CCCN(C(=O)Cc2cccc(N)c2)CC1. The fourth-order valence-electron chi connectivity index (χ4n) is 2.65. The summed E-state index contributed by atoms with van der Waals surface area (Å²) >= 11 is 0. The standard InChI is InChI=1S/C16H25N3O2/c1-21-11-10-18-6-3-7-19(9-8-18)16(20)13-14-4-2-5-15(17)12-14/h2,4-5,12H,3,6-11,13,17H2,1H3. The Morgan fingerprint density at radius 1 is 1.29 bits per heavy atom. The molecule has 5 nitrogen and oxygen atoms in total. The van der Waals surface area contributed by atoms with Gasteiger partial charge in [0.15, 0.2) is 0 Å². The van der Waals surface area contributed by atoms with E-state index in [1.807, 2.05) is 29.2 Å². The summed E-state index contributed by atoms with van der Waals surface area (Å²) in [5.41, 5.74) is 7.46. The Morgan fingerprint density at radius 3 is 2.90 bits per heavy atom. The summed E-state index contributed by atoms with van der Waals surface area (Å²) in [6.45, 7) is 5.28. The summed E-state index contributed by atoms with van der Waals surface area (Å²) in [7, 11) is 1.72. The molecule has 116 valence electrons. The molecule has 0 unspecified atom stereocenters. The van der Waals surface area contributed by atoms with Crippen molar-refractivity contribution in [2.24, 2.45) is 0 Å². The molecule has 1 fully saturated rings. The van der Waals surface area contributed by atoms with Gasteiger partial charge in [0, 0.05) is 39.0 Å². The largest absolute Gasteiger partial charge is 0.399 e. The van der Waals surface area contributed by atoms with Crippen molar-refractivity contribution in [1.82, 2.24) is 9.80 Å². The molecule has 1 aromatic rings. The highest BCUT2D eigenvalue weighted by molar-refractivity contribution is 5.79. The van der Waals surface area contributed by atoms with Gasteiger partial charge in [-0.15, -0.1) is 0 Å². The molecule has 1 aliphatic rings. The monoisotopic (exact) mass is 291 g/mol. The molecule has 0 spiro atoms. The lowest BCUT2D eigenvalue weighted by Crippen LogP contribution is -2.36. The molecule has 0 aromatic heterocycles. The van der Waals surface area contributed by atoms with E-state index in [2.05, 4.69) is 4.90 Å². The lowest BCUT2D eigenvalue weighted by molar-refractivity contribution is -0.130. The number of ether oxygens (including phenoxy) is 1. The third-order valence-corrected chi connectivity index (χ3v) is 3.86. The molecule has 0 atom stereocenters. The van der Waals surface area contributed by atoms with Crippen molar-refractivity contribution in [3.05, 3.63) is 29.8 Å². The van der Waals surface area contributed by atoms with Crippen LogP contribution < -0.4 is 5.73 Å². The lowest BCUT2D eigenvalue weighted by Gasteiger charge is -2.22. The summed E-state index contributed by atoms with van der Waals surface area (Å²) < 4.78 is 5.12. The van der Waals surface area contributed by atoms with Gasteiger partial charge < -0.3 is 15.4 Å². The van der Waals surface area contributed by atoms with Gasteiger partial charge in [-0.25, -0.2) is 0 Å². The van der Waals surface area contributed by atoms with Gasteiger partial charge in [0.05, 0.1) is 13.0 Å². The molecule has 1 heterocycles. The van der Waals surface area contributed by atoms with Crippen molar-refractivity contribution in [1.29, 1.82) is 0 Å². The van der Waals surface area contributed by atoms with E-state index in [1.165, 1.54) is 0 Å². The first kappa shape index (κ1) is 15.8. The van der Waals surface area contributed by atoms with Gasteiger partial charge in [0.1, 0.15) is 0 Å². The number of amides is 1. The summed E-state index contributed by atoms with van der Waals surface area (Å²) in [4.78, 5) is 16.7. The highest BCUT2D eigenvalue weighted by Crippen LogP contribution is 2.10. The van der Waals surface area contributed by atoms with E-state index < -0.39 is 0 Å². The molecule has 0 saturated carbocycles. The van der Waals surface area contributed by atoms with E-state index in [9.17, 15) is 4.79 Å². The van der Waals surface area contributed by atoms with Crippen LogP contribution in [-0.4, -0.2) is 62.1 Å². The zero-order valence-electron chi connectivity index (χ0n) is 12.8. The van der Waals surface area contributed by atoms with Crippen LogP contribution in [0.1, 0.15) is 12.0 Å². The second-order valence-corrected chi connectivity index (χ2v) is 5.49. The van der Waals surface area contributed by atoms with Crippen molar-refractivity contribution >= 4 is 11.6 Å². The third kappa shape index (κ3) is 5.02. The van der Waals surface area contributed by atoms with Crippen LogP contribution >= 0.6 is 0 Å². The number of benzene rings is 1. The summed E-state index contributed by atoms with van der Waals surface area (Å²) in [6, 6.07) is 7.57. The fraction of sp³-hybridized carbons (Fsp3) is 0.562. The minimum Gasteiger partial charge on any atom is -0.399 e. The Kier molecular flexibility index (Phi) is 6.02. The lowest BCUT2D eigenvalue weighted by atomic mass is 10.1. The summed E-state index contributed by atoms with van der Waals surface area (Å²) in [5, 5.41) is 0. The van der Waals surface area contributed by atoms with E-state index in [0.29, 0.717) is 12.1 Å². The maximum Gasteiger partial charge on any atom is 0.227 e. The predicted molar refractivity (Wildman–Crippen MR) is 84.1 cm³/mol. The molecule has 1 saturated heterocycles. The van der Waals surface area contributed by atoms with Gasteiger partial charge in [0.25, 0.3) is 0 Å². The van der Waals surface area contributed by atoms with Crippen LogP contribution in [0.4, 0.5) is 5.69 Å². The molecule has 1 amide bonds. The third-order valence-electron chi connectivity index (χ3n) is 3.86. The van der Waals surface area contributed by atoms with Gasteiger partial charge in [-0.2, -0.15) is 0 Å². The number of rotatable bonds is 5. The molecule has 0 aliphatic carbocycles. The second-order valence-electron chi connectivity index (χ2n) is 5.49. The molecule has 1 aliphatic heterocycles. The number of nitrogen functional groups attached to an aromatic ring is 1. The smallest absolute Gasteiger partial charge is 0.227 e. The predicted octanol–water partition coefficient (Wildman–Crippen LogP) is 0.992. The number of carbonyl (C=O) groups is 1. The van der Waals surface area contributed by atoms with E-state index in [4.69, 9.17) is 10.5 Å². The first-order valence-electron chi connectivity index (χ1n) is 7.52. The molecule has 2 rings (SSSR count). The minimum absolute atomic E-state index is 0.189. The van der Waals surface area contributed by atoms with E-state index >= 15 is 0 Å². The Labute approximate surface area is 126 Å². The van der Waals surface area contributed by atoms with Crippen molar-refractivity contribution in [3.8, 4) is 0 Å². The van der Waals surface area contributed by atoms with Crippen LogP contribution in [0.15, 0.2) is 24.3 Å². The van der Waals surface area contributed by atoms with Crippen LogP contribution in [-0.2, 0) is 16.0 Å².